The molecule has 3 heteroatoms. The fraction of sp³-hybridized carbons (Fsp3) is 0.647. The van der Waals surface area contributed by atoms with Crippen LogP contribution in [-0.4, -0.2) is 31.1 Å². The van der Waals surface area contributed by atoms with Gasteiger partial charge in [-0.3, -0.25) is 4.90 Å². The Morgan fingerprint density at radius 2 is 1.90 bits per heavy atom. The minimum absolute atomic E-state index is 0.606. The number of hydrogen-bond donors (Lipinski definition) is 1. The Labute approximate surface area is 131 Å². The zero-order valence-electron chi connectivity index (χ0n) is 12.4. The summed E-state index contributed by atoms with van der Waals surface area (Å²) in [4.78, 5) is 2.71. The molecule has 2 aliphatic rings. The van der Waals surface area contributed by atoms with Crippen LogP contribution in [0.4, 0.5) is 0 Å². The van der Waals surface area contributed by atoms with Crippen molar-refractivity contribution in [3.8, 4) is 0 Å². The lowest BCUT2D eigenvalue weighted by Gasteiger charge is -2.39. The zero-order valence-corrected chi connectivity index (χ0v) is 14.0. The van der Waals surface area contributed by atoms with E-state index in [4.69, 9.17) is 0 Å². The lowest BCUT2D eigenvalue weighted by atomic mass is 9.89. The normalized spacial score (nSPS) is 23.1. The molecule has 0 bridgehead atoms. The van der Waals surface area contributed by atoms with Gasteiger partial charge in [-0.15, -0.1) is 0 Å². The molecule has 110 valence electrons. The van der Waals surface area contributed by atoms with E-state index in [1.165, 1.54) is 54.4 Å². The summed E-state index contributed by atoms with van der Waals surface area (Å²) in [7, 11) is 0. The number of piperazine rings is 1. The summed E-state index contributed by atoms with van der Waals surface area (Å²) in [6.45, 7) is 6.80. The van der Waals surface area contributed by atoms with Crippen molar-refractivity contribution in [1.82, 2.24) is 10.2 Å². The highest BCUT2D eigenvalue weighted by Gasteiger charge is 2.32. The standard InChI is InChI=1S/C17H25BrN2/c1-13-6-7-15(16(18)12-13)17(14-4-2-3-5-14)20-10-8-19-9-11-20/h6-7,12,14,17,19H,2-5,8-11H2,1H3/t17-/m0/s1. The van der Waals surface area contributed by atoms with Gasteiger partial charge < -0.3 is 5.32 Å². The molecule has 0 aromatic heterocycles. The average molecular weight is 337 g/mol. The van der Waals surface area contributed by atoms with Gasteiger partial charge in [0, 0.05) is 36.7 Å². The molecule has 1 heterocycles. The largest absolute Gasteiger partial charge is 0.314 e. The van der Waals surface area contributed by atoms with Crippen LogP contribution in [-0.2, 0) is 0 Å². The SMILES string of the molecule is Cc1ccc([C@H](C2CCCC2)N2CCNCC2)c(Br)c1. The first-order chi connectivity index (χ1) is 9.75. The van der Waals surface area contributed by atoms with Gasteiger partial charge in [0.15, 0.2) is 0 Å². The van der Waals surface area contributed by atoms with Crippen LogP contribution >= 0.6 is 15.9 Å². The quantitative estimate of drug-likeness (QED) is 0.900. The van der Waals surface area contributed by atoms with Crippen molar-refractivity contribution in [3.63, 3.8) is 0 Å². The van der Waals surface area contributed by atoms with Crippen molar-refractivity contribution in [1.29, 1.82) is 0 Å². The van der Waals surface area contributed by atoms with E-state index in [2.05, 4.69) is 51.3 Å². The maximum Gasteiger partial charge on any atom is 0.0388 e. The van der Waals surface area contributed by atoms with E-state index in [0.717, 1.165) is 19.0 Å². The predicted molar refractivity (Wildman–Crippen MR) is 88.0 cm³/mol. The highest BCUT2D eigenvalue weighted by atomic mass is 79.9. The molecule has 1 aliphatic carbocycles. The molecule has 0 unspecified atom stereocenters. The monoisotopic (exact) mass is 336 g/mol. The molecule has 0 radical (unpaired) electrons. The van der Waals surface area contributed by atoms with Crippen molar-refractivity contribution >= 4 is 15.9 Å². The number of nitrogens with zero attached hydrogens (tertiary/aromatic N) is 1. The molecule has 0 amide bonds. The van der Waals surface area contributed by atoms with Crippen LogP contribution in [0.3, 0.4) is 0 Å². The van der Waals surface area contributed by atoms with Crippen molar-refractivity contribution in [3.05, 3.63) is 33.8 Å². The van der Waals surface area contributed by atoms with E-state index in [9.17, 15) is 0 Å². The Hall–Kier alpha value is -0.380. The van der Waals surface area contributed by atoms with Gasteiger partial charge in [-0.2, -0.15) is 0 Å². The molecule has 2 nitrogen and oxygen atoms in total. The summed E-state index contributed by atoms with van der Waals surface area (Å²) in [5.74, 6) is 0.840. The second kappa shape index (κ2) is 6.59. The lowest BCUT2D eigenvalue weighted by Crippen LogP contribution is -2.46. The van der Waals surface area contributed by atoms with E-state index < -0.39 is 0 Å². The second-order valence-corrected chi connectivity index (χ2v) is 7.15. The summed E-state index contributed by atoms with van der Waals surface area (Å²) in [6, 6.07) is 7.50. The van der Waals surface area contributed by atoms with Crippen LogP contribution in [0.5, 0.6) is 0 Å². The molecule has 0 spiro atoms. The maximum absolute atomic E-state index is 3.82. The van der Waals surface area contributed by atoms with Gasteiger partial charge in [0.1, 0.15) is 0 Å². The van der Waals surface area contributed by atoms with Gasteiger partial charge in [-0.1, -0.05) is 40.9 Å². The fourth-order valence-corrected chi connectivity index (χ4v) is 4.58. The number of aryl methyl sites for hydroxylation is 1. The van der Waals surface area contributed by atoms with Crippen molar-refractivity contribution in [2.24, 2.45) is 5.92 Å². The third-order valence-corrected chi connectivity index (χ3v) is 5.55. The minimum atomic E-state index is 0.606. The van der Waals surface area contributed by atoms with Crippen LogP contribution in [0, 0.1) is 12.8 Å². The number of benzene rings is 1. The van der Waals surface area contributed by atoms with Gasteiger partial charge in [0.2, 0.25) is 0 Å². The lowest BCUT2D eigenvalue weighted by molar-refractivity contribution is 0.125. The Bertz CT molecular complexity index is 448. The predicted octanol–water partition coefficient (Wildman–Crippen LogP) is 3.89. The number of halogens is 1. The number of rotatable bonds is 3. The van der Waals surface area contributed by atoms with Crippen molar-refractivity contribution in [2.45, 2.75) is 38.6 Å². The molecule has 1 aromatic carbocycles. The molecule has 1 aromatic rings. The summed E-state index contributed by atoms with van der Waals surface area (Å²) < 4.78 is 1.30. The fourth-order valence-electron chi connectivity index (χ4n) is 3.85. The van der Waals surface area contributed by atoms with E-state index in [1.807, 2.05) is 0 Å². The van der Waals surface area contributed by atoms with Crippen molar-refractivity contribution in [2.75, 3.05) is 26.2 Å². The van der Waals surface area contributed by atoms with Gasteiger partial charge in [0.25, 0.3) is 0 Å². The Morgan fingerprint density at radius 3 is 2.55 bits per heavy atom. The summed E-state index contributed by atoms with van der Waals surface area (Å²) in [6.07, 6.45) is 5.62. The summed E-state index contributed by atoms with van der Waals surface area (Å²) >= 11 is 3.82. The molecular weight excluding hydrogens is 312 g/mol. The second-order valence-electron chi connectivity index (χ2n) is 6.30. The highest BCUT2D eigenvalue weighted by molar-refractivity contribution is 9.10. The topological polar surface area (TPSA) is 15.3 Å². The first-order valence-electron chi connectivity index (χ1n) is 7.96. The summed E-state index contributed by atoms with van der Waals surface area (Å²) in [5, 5.41) is 3.48. The van der Waals surface area contributed by atoms with Crippen LogP contribution in [0.1, 0.15) is 42.9 Å². The Kier molecular flexibility index (Phi) is 4.79. The first kappa shape index (κ1) is 14.6. The smallest absolute Gasteiger partial charge is 0.0388 e. The number of nitrogens with one attached hydrogen (secondary N) is 1. The van der Waals surface area contributed by atoms with Crippen LogP contribution in [0.2, 0.25) is 0 Å². The van der Waals surface area contributed by atoms with E-state index in [1.54, 1.807) is 0 Å². The van der Waals surface area contributed by atoms with Crippen LogP contribution < -0.4 is 5.32 Å². The van der Waals surface area contributed by atoms with E-state index in [-0.39, 0.29) is 0 Å². The number of hydrogen-bond acceptors (Lipinski definition) is 2. The van der Waals surface area contributed by atoms with Crippen LogP contribution in [0.15, 0.2) is 22.7 Å². The van der Waals surface area contributed by atoms with Gasteiger partial charge in [-0.25, -0.2) is 0 Å². The first-order valence-corrected chi connectivity index (χ1v) is 8.76. The van der Waals surface area contributed by atoms with Crippen LogP contribution in [0.25, 0.3) is 0 Å². The molecule has 2 fully saturated rings. The minimum Gasteiger partial charge on any atom is -0.314 e. The molecular formula is C17H25BrN2. The van der Waals surface area contributed by atoms with Gasteiger partial charge in [-0.05, 0) is 42.9 Å². The third kappa shape index (κ3) is 3.10. The highest BCUT2D eigenvalue weighted by Crippen LogP contribution is 2.42. The molecule has 1 N–H and O–H groups in total. The zero-order chi connectivity index (χ0) is 13.9. The molecule has 20 heavy (non-hydrogen) atoms. The summed E-state index contributed by atoms with van der Waals surface area (Å²) in [5.41, 5.74) is 2.84. The Morgan fingerprint density at radius 1 is 1.20 bits per heavy atom. The molecule has 1 saturated carbocycles. The Balaban J connectivity index is 1.90. The maximum atomic E-state index is 3.82. The third-order valence-electron chi connectivity index (χ3n) is 4.87. The van der Waals surface area contributed by atoms with E-state index in [0.29, 0.717) is 6.04 Å². The van der Waals surface area contributed by atoms with Gasteiger partial charge in [0.05, 0.1) is 0 Å². The molecule has 1 atom stereocenters. The van der Waals surface area contributed by atoms with E-state index >= 15 is 0 Å². The average Bonchev–Trinajstić information content (AvgIpc) is 2.97. The van der Waals surface area contributed by atoms with Gasteiger partial charge >= 0.3 is 0 Å². The molecule has 1 saturated heterocycles. The molecule has 3 rings (SSSR count). The molecule has 1 aliphatic heterocycles. The van der Waals surface area contributed by atoms with Crippen molar-refractivity contribution < 1.29 is 0 Å².